The van der Waals surface area contributed by atoms with Gasteiger partial charge in [0, 0.05) is 24.4 Å². The molecule has 0 saturated carbocycles. The topological polar surface area (TPSA) is 175 Å². The third-order valence-electron chi connectivity index (χ3n) is 8.59. The Bertz CT molecular complexity index is 2650. The number of H-pyrrole nitrogens is 1. The van der Waals surface area contributed by atoms with Crippen molar-refractivity contribution in [2.75, 3.05) is 40.4 Å². The molecule has 1 amide bonds. The van der Waals surface area contributed by atoms with Crippen molar-refractivity contribution in [2.24, 2.45) is 0 Å². The van der Waals surface area contributed by atoms with Gasteiger partial charge in [0.15, 0.2) is 5.03 Å². The van der Waals surface area contributed by atoms with Crippen LogP contribution in [-0.4, -0.2) is 95.1 Å². The number of para-hydroxylation sites is 2. The fraction of sp³-hybridized carbons (Fsp3) is 0.318. The molecule has 14 nitrogen and oxygen atoms in total. The van der Waals surface area contributed by atoms with Crippen molar-refractivity contribution in [1.29, 1.82) is 0 Å². The SMILES string of the molecule is CN(CCOc1cccc2cc(S(=O)(=O)c3ccccc3)n(C(=O)OC(C)(C)C)c12)C(=O)OC(C)(C)C.CNCCOc1cccc2cc(S(=O)(=O)c3ccccc3)[nH]c12.Cl. The number of carbonyl (C=O) groups is 2. The molecule has 4 aromatic carbocycles. The highest BCUT2D eigenvalue weighted by Crippen LogP contribution is 2.35. The molecule has 2 aromatic heterocycles. The normalized spacial score (nSPS) is 11.9. The summed E-state index contributed by atoms with van der Waals surface area (Å²) >= 11 is 0. The number of carbonyl (C=O) groups excluding carboxylic acids is 2. The molecule has 0 aliphatic heterocycles. The molecule has 0 unspecified atom stereocenters. The largest absolute Gasteiger partial charge is 0.490 e. The van der Waals surface area contributed by atoms with Gasteiger partial charge >= 0.3 is 12.2 Å². The lowest BCUT2D eigenvalue weighted by molar-refractivity contribution is 0.0278. The average molecular weight is 898 g/mol. The van der Waals surface area contributed by atoms with Crippen LogP contribution in [0.4, 0.5) is 9.59 Å². The van der Waals surface area contributed by atoms with Crippen LogP contribution in [0.25, 0.3) is 21.8 Å². The molecule has 2 N–H and O–H groups in total. The first kappa shape index (κ1) is 48.1. The molecule has 0 spiro atoms. The number of amides is 1. The van der Waals surface area contributed by atoms with Crippen LogP contribution < -0.4 is 14.8 Å². The van der Waals surface area contributed by atoms with Gasteiger partial charge in [0.05, 0.1) is 21.9 Å². The number of benzene rings is 4. The molecule has 0 saturated heterocycles. The Morgan fingerprint density at radius 3 is 1.80 bits per heavy atom. The highest BCUT2D eigenvalue weighted by molar-refractivity contribution is 7.91. The zero-order valence-electron chi connectivity index (χ0n) is 35.4. The van der Waals surface area contributed by atoms with Crippen LogP contribution in [-0.2, 0) is 29.1 Å². The first-order valence-corrected chi connectivity index (χ1v) is 22.1. The summed E-state index contributed by atoms with van der Waals surface area (Å²) in [6, 6.07) is 29.9. The van der Waals surface area contributed by atoms with E-state index in [4.69, 9.17) is 18.9 Å². The molecule has 2 heterocycles. The maximum atomic E-state index is 13.6. The van der Waals surface area contributed by atoms with Crippen LogP contribution in [0.5, 0.6) is 11.5 Å². The number of hydrogen-bond donors (Lipinski definition) is 2. The summed E-state index contributed by atoms with van der Waals surface area (Å²) in [5.41, 5.74) is -0.552. The van der Waals surface area contributed by atoms with Crippen molar-refractivity contribution in [3.63, 3.8) is 0 Å². The van der Waals surface area contributed by atoms with Crippen LogP contribution in [0.3, 0.4) is 0 Å². The van der Waals surface area contributed by atoms with E-state index in [-0.39, 0.29) is 56.7 Å². The molecule has 0 aliphatic carbocycles. The summed E-state index contributed by atoms with van der Waals surface area (Å²) in [6.45, 7) is 11.9. The van der Waals surface area contributed by atoms with E-state index in [0.717, 1.165) is 9.95 Å². The summed E-state index contributed by atoms with van der Waals surface area (Å²) in [4.78, 5) is 30.3. The Hall–Kier alpha value is -5.55. The van der Waals surface area contributed by atoms with Gasteiger partial charge < -0.3 is 34.1 Å². The second kappa shape index (κ2) is 19.9. The van der Waals surface area contributed by atoms with Crippen molar-refractivity contribution in [1.82, 2.24) is 19.8 Å². The third kappa shape index (κ3) is 12.1. The number of halogens is 1. The van der Waals surface area contributed by atoms with E-state index in [1.807, 2.05) is 25.2 Å². The van der Waals surface area contributed by atoms with Crippen molar-refractivity contribution in [3.8, 4) is 11.5 Å². The van der Waals surface area contributed by atoms with E-state index in [0.29, 0.717) is 29.8 Å². The Labute approximate surface area is 363 Å². The maximum Gasteiger partial charge on any atom is 0.420 e. The number of fused-ring (bicyclic) bond motifs is 2. The fourth-order valence-electron chi connectivity index (χ4n) is 5.81. The second-order valence-corrected chi connectivity index (χ2v) is 19.5. The van der Waals surface area contributed by atoms with Crippen molar-refractivity contribution < 1.29 is 45.4 Å². The summed E-state index contributed by atoms with van der Waals surface area (Å²) < 4.78 is 76.1. The number of sulfone groups is 2. The van der Waals surface area contributed by atoms with Crippen LogP contribution in [0, 0.1) is 0 Å². The summed E-state index contributed by atoms with van der Waals surface area (Å²) in [6.07, 6.45) is -1.35. The van der Waals surface area contributed by atoms with Gasteiger partial charge in [0.2, 0.25) is 19.7 Å². The maximum absolute atomic E-state index is 13.6. The molecule has 0 fully saturated rings. The number of rotatable bonds is 12. The van der Waals surface area contributed by atoms with E-state index >= 15 is 0 Å². The molecule has 0 atom stereocenters. The number of nitrogens with zero attached hydrogens (tertiary/aromatic N) is 2. The lowest BCUT2D eigenvalue weighted by Gasteiger charge is -2.24. The van der Waals surface area contributed by atoms with E-state index < -0.39 is 43.1 Å². The minimum Gasteiger partial charge on any atom is -0.490 e. The fourth-order valence-corrected chi connectivity index (χ4v) is 8.54. The Morgan fingerprint density at radius 2 is 1.23 bits per heavy atom. The quantitative estimate of drug-likeness (QED) is 0.113. The number of hydrogen-bond acceptors (Lipinski definition) is 11. The molecule has 0 radical (unpaired) electrons. The van der Waals surface area contributed by atoms with E-state index in [9.17, 15) is 26.4 Å². The number of likely N-dealkylation sites (N-methyl/N-ethyl adjacent to an activating group) is 2. The molecule has 61 heavy (non-hydrogen) atoms. The van der Waals surface area contributed by atoms with Crippen LogP contribution in [0.15, 0.2) is 129 Å². The molecule has 0 aliphatic rings. The molecule has 6 rings (SSSR count). The van der Waals surface area contributed by atoms with Crippen LogP contribution in [0.2, 0.25) is 0 Å². The lowest BCUT2D eigenvalue weighted by atomic mass is 10.2. The minimum atomic E-state index is -4.07. The van der Waals surface area contributed by atoms with Gasteiger partial charge in [0.25, 0.3) is 0 Å². The first-order valence-electron chi connectivity index (χ1n) is 19.2. The van der Waals surface area contributed by atoms with E-state index in [1.54, 1.807) is 121 Å². The average Bonchev–Trinajstić information content (AvgIpc) is 3.82. The molecule has 6 aromatic rings. The Morgan fingerprint density at radius 1 is 0.689 bits per heavy atom. The second-order valence-electron chi connectivity index (χ2n) is 15.7. The highest BCUT2D eigenvalue weighted by atomic mass is 35.5. The number of nitrogens with one attached hydrogen (secondary N) is 2. The molecular formula is C44H53ClN4O10S2. The van der Waals surface area contributed by atoms with Crippen LogP contribution in [0.1, 0.15) is 41.5 Å². The van der Waals surface area contributed by atoms with Gasteiger partial charge in [-0.3, -0.25) is 0 Å². The lowest BCUT2D eigenvalue weighted by Crippen LogP contribution is -2.36. The zero-order valence-corrected chi connectivity index (χ0v) is 37.9. The van der Waals surface area contributed by atoms with Crippen molar-refractivity contribution >= 4 is 66.1 Å². The molecule has 328 valence electrons. The number of aromatic nitrogens is 2. The van der Waals surface area contributed by atoms with Gasteiger partial charge in [0.1, 0.15) is 46.5 Å². The molecule has 17 heteroatoms. The summed E-state index contributed by atoms with van der Waals surface area (Å²) in [5.74, 6) is 0.919. The van der Waals surface area contributed by atoms with Crippen molar-refractivity contribution in [3.05, 3.63) is 109 Å². The standard InChI is InChI=1S/C27H34N2O7S.C17H18N2O3S.ClH/c1-26(2,3)35-24(30)28(7)16-17-34-21-15-11-12-19-18-22(37(32,33)20-13-9-8-10-14-20)29(23(19)21)25(31)36-27(4,5)6;1-18-10-11-22-15-9-5-6-13-12-16(19-17(13)15)23(20,21)14-7-3-2-4-8-14;/h8-15,18H,16-17H2,1-7H3;2-9,12,18-19H,10-11H2,1H3;1H. The van der Waals surface area contributed by atoms with Crippen LogP contribution >= 0.6 is 12.4 Å². The predicted molar refractivity (Wildman–Crippen MR) is 237 cm³/mol. The number of ether oxygens (including phenoxy) is 4. The molecule has 0 bridgehead atoms. The van der Waals surface area contributed by atoms with Gasteiger partial charge in [-0.05, 0) is 97.1 Å². The summed E-state index contributed by atoms with van der Waals surface area (Å²) in [5, 5.41) is 4.24. The van der Waals surface area contributed by atoms with E-state index in [1.165, 1.54) is 23.1 Å². The Kier molecular flexibility index (Phi) is 15.7. The first-order chi connectivity index (χ1) is 28.2. The Balaban J connectivity index is 0.000000292. The minimum absolute atomic E-state index is 0. The summed E-state index contributed by atoms with van der Waals surface area (Å²) in [7, 11) is -4.20. The third-order valence-corrected chi connectivity index (χ3v) is 12.0. The van der Waals surface area contributed by atoms with Gasteiger partial charge in [-0.25, -0.2) is 31.0 Å². The van der Waals surface area contributed by atoms with E-state index in [2.05, 4.69) is 10.3 Å². The monoisotopic (exact) mass is 896 g/mol. The van der Waals surface area contributed by atoms with Gasteiger partial charge in [-0.15, -0.1) is 12.4 Å². The van der Waals surface area contributed by atoms with Crippen molar-refractivity contribution in [2.45, 2.75) is 72.6 Å². The number of aromatic amines is 1. The predicted octanol–water partition coefficient (Wildman–Crippen LogP) is 8.52. The smallest absolute Gasteiger partial charge is 0.420 e. The molecular weight excluding hydrogens is 844 g/mol. The zero-order chi connectivity index (χ0) is 43.9. The van der Waals surface area contributed by atoms with Gasteiger partial charge in [-0.2, -0.15) is 0 Å². The highest BCUT2D eigenvalue weighted by Gasteiger charge is 2.31. The van der Waals surface area contributed by atoms with Gasteiger partial charge in [-0.1, -0.05) is 60.7 Å².